The molecule has 0 N–H and O–H groups in total. The molecule has 0 amide bonds. The third kappa shape index (κ3) is 2.56. The summed E-state index contributed by atoms with van der Waals surface area (Å²) in [7, 11) is 0. The lowest BCUT2D eigenvalue weighted by Crippen LogP contribution is -2.50. The van der Waals surface area contributed by atoms with Crippen LogP contribution in [0.15, 0.2) is 29.4 Å². The van der Waals surface area contributed by atoms with Gasteiger partial charge in [0.15, 0.2) is 5.16 Å². The van der Waals surface area contributed by atoms with Crippen molar-refractivity contribution in [2.75, 3.05) is 5.75 Å². The first-order valence-corrected chi connectivity index (χ1v) is 10.8. The number of fused-ring (bicyclic) bond motifs is 1. The summed E-state index contributed by atoms with van der Waals surface area (Å²) in [5.74, 6) is 3.60. The predicted molar refractivity (Wildman–Crippen MR) is 102 cm³/mol. The van der Waals surface area contributed by atoms with Crippen LogP contribution < -0.4 is 0 Å². The van der Waals surface area contributed by atoms with Crippen LogP contribution in [0.3, 0.4) is 0 Å². The largest absolute Gasteiger partial charge is 0.319 e. The molecule has 4 fully saturated rings. The molecule has 2 aromatic rings. The van der Waals surface area contributed by atoms with E-state index >= 15 is 0 Å². The van der Waals surface area contributed by atoms with Gasteiger partial charge >= 0.3 is 0 Å². The fourth-order valence-electron chi connectivity index (χ4n) is 6.20. The Morgan fingerprint density at radius 3 is 2.44 bits per heavy atom. The zero-order valence-electron chi connectivity index (χ0n) is 14.9. The Labute approximate surface area is 153 Å². The summed E-state index contributed by atoms with van der Waals surface area (Å²) in [5, 5.41) is 1.00. The zero-order chi connectivity index (χ0) is 17.0. The van der Waals surface area contributed by atoms with E-state index in [1.165, 1.54) is 44.0 Å². The van der Waals surface area contributed by atoms with Crippen molar-refractivity contribution in [3.05, 3.63) is 24.3 Å². The van der Waals surface area contributed by atoms with Gasteiger partial charge in [-0.25, -0.2) is 4.98 Å². The average Bonchev–Trinajstić information content (AvgIpc) is 2.96. The maximum Gasteiger partial charge on any atom is 0.169 e. The lowest BCUT2D eigenvalue weighted by Gasteiger charge is -2.56. The molecule has 132 valence electrons. The quantitative estimate of drug-likeness (QED) is 0.714. The lowest BCUT2D eigenvalue weighted by atomic mass is 9.48. The monoisotopic (exact) mass is 354 g/mol. The molecule has 4 bridgehead atoms. The predicted octanol–water partition coefficient (Wildman–Crippen LogP) is 4.93. The molecular weight excluding hydrogens is 328 g/mol. The van der Waals surface area contributed by atoms with Gasteiger partial charge in [0.2, 0.25) is 0 Å². The van der Waals surface area contributed by atoms with Crippen molar-refractivity contribution in [2.24, 2.45) is 23.2 Å². The average molecular weight is 355 g/mol. The molecule has 0 saturated heterocycles. The normalized spacial score (nSPS) is 33.2. The highest BCUT2D eigenvalue weighted by atomic mass is 32.2. The van der Waals surface area contributed by atoms with E-state index in [-0.39, 0.29) is 5.41 Å². The molecule has 4 saturated carbocycles. The number of aromatic nitrogens is 2. The van der Waals surface area contributed by atoms with Crippen molar-refractivity contribution in [3.8, 4) is 0 Å². The van der Waals surface area contributed by atoms with Crippen molar-refractivity contribution in [2.45, 2.75) is 57.1 Å². The van der Waals surface area contributed by atoms with Crippen molar-refractivity contribution < 1.29 is 4.79 Å². The summed E-state index contributed by atoms with van der Waals surface area (Å²) in [6.07, 6.45) is 7.69. The van der Waals surface area contributed by atoms with Crippen LogP contribution >= 0.6 is 11.8 Å². The topological polar surface area (TPSA) is 34.9 Å². The Morgan fingerprint density at radius 1 is 1.16 bits per heavy atom. The van der Waals surface area contributed by atoms with E-state index in [0.717, 1.165) is 35.0 Å². The van der Waals surface area contributed by atoms with Crippen molar-refractivity contribution in [1.82, 2.24) is 9.55 Å². The van der Waals surface area contributed by atoms with Crippen LogP contribution in [0.1, 0.15) is 45.4 Å². The summed E-state index contributed by atoms with van der Waals surface area (Å²) in [5.41, 5.74) is 2.23. The van der Waals surface area contributed by atoms with Gasteiger partial charge in [-0.15, -0.1) is 0 Å². The van der Waals surface area contributed by atoms with Gasteiger partial charge in [0.05, 0.1) is 16.8 Å². The summed E-state index contributed by atoms with van der Waals surface area (Å²) in [6.45, 7) is 3.05. The molecule has 0 unspecified atom stereocenters. The SMILES string of the molecule is CCn1c(SCC(=O)C23CC4CC(CC(C4)C2)C3)nc2ccccc21. The second kappa shape index (κ2) is 5.87. The standard InChI is InChI=1S/C21H26N2OS/c1-2-23-18-6-4-3-5-17(18)22-20(23)25-13-19(24)21-10-14-7-15(11-21)9-16(8-14)12-21/h3-6,14-16H,2,7-13H2,1H3. The van der Waals surface area contributed by atoms with Crippen LogP contribution in [0.4, 0.5) is 0 Å². The Hall–Kier alpha value is -1.29. The number of Topliss-reactive ketones (excluding diaryl/α,β-unsaturated/α-hetero) is 1. The molecule has 0 atom stereocenters. The van der Waals surface area contributed by atoms with Gasteiger partial charge in [-0.1, -0.05) is 23.9 Å². The molecule has 4 aliphatic rings. The molecule has 0 spiro atoms. The van der Waals surface area contributed by atoms with Crippen LogP contribution in [-0.4, -0.2) is 21.1 Å². The van der Waals surface area contributed by atoms with Gasteiger partial charge in [-0.2, -0.15) is 0 Å². The van der Waals surface area contributed by atoms with E-state index in [1.54, 1.807) is 11.8 Å². The first-order chi connectivity index (χ1) is 12.2. The summed E-state index contributed by atoms with van der Waals surface area (Å²) >= 11 is 1.66. The first-order valence-electron chi connectivity index (χ1n) is 9.78. The van der Waals surface area contributed by atoms with Crippen molar-refractivity contribution in [1.29, 1.82) is 0 Å². The molecule has 25 heavy (non-hydrogen) atoms. The minimum absolute atomic E-state index is 0.0187. The second-order valence-electron chi connectivity index (χ2n) is 8.54. The number of para-hydroxylation sites is 2. The molecular formula is C21H26N2OS. The molecule has 1 aromatic heterocycles. The number of hydrogen-bond donors (Lipinski definition) is 0. The third-order valence-corrected chi connectivity index (χ3v) is 7.87. The number of ketones is 1. The minimum Gasteiger partial charge on any atom is -0.319 e. The first kappa shape index (κ1) is 15.9. The zero-order valence-corrected chi connectivity index (χ0v) is 15.7. The van der Waals surface area contributed by atoms with E-state index in [1.807, 2.05) is 6.07 Å². The number of rotatable bonds is 5. The van der Waals surface area contributed by atoms with Crippen LogP contribution in [-0.2, 0) is 11.3 Å². The van der Waals surface area contributed by atoms with Crippen LogP contribution in [0.25, 0.3) is 11.0 Å². The van der Waals surface area contributed by atoms with Gasteiger partial charge in [-0.05, 0) is 75.3 Å². The van der Waals surface area contributed by atoms with E-state index in [2.05, 4.69) is 29.7 Å². The Balaban J connectivity index is 1.36. The fourth-order valence-corrected chi connectivity index (χ4v) is 7.32. The minimum atomic E-state index is 0.0187. The Bertz CT molecular complexity index is 789. The number of carbonyl (C=O) groups is 1. The summed E-state index contributed by atoms with van der Waals surface area (Å²) < 4.78 is 2.24. The number of benzene rings is 1. The van der Waals surface area contributed by atoms with Gasteiger partial charge in [0, 0.05) is 12.0 Å². The van der Waals surface area contributed by atoms with Gasteiger partial charge in [0.1, 0.15) is 5.78 Å². The number of imidazole rings is 1. The van der Waals surface area contributed by atoms with E-state index in [9.17, 15) is 4.79 Å². The molecule has 1 heterocycles. The highest BCUT2D eigenvalue weighted by Crippen LogP contribution is 2.60. The van der Waals surface area contributed by atoms with Crippen LogP contribution in [0.5, 0.6) is 0 Å². The van der Waals surface area contributed by atoms with Crippen LogP contribution in [0.2, 0.25) is 0 Å². The smallest absolute Gasteiger partial charge is 0.169 e. The number of thioether (sulfide) groups is 1. The summed E-state index contributed by atoms with van der Waals surface area (Å²) in [4.78, 5) is 18.0. The second-order valence-corrected chi connectivity index (χ2v) is 9.48. The van der Waals surface area contributed by atoms with E-state index in [0.29, 0.717) is 11.5 Å². The van der Waals surface area contributed by atoms with E-state index in [4.69, 9.17) is 4.98 Å². The maximum atomic E-state index is 13.2. The molecule has 3 nitrogen and oxygen atoms in total. The molecule has 0 aliphatic heterocycles. The summed E-state index contributed by atoms with van der Waals surface area (Å²) in [6, 6.07) is 8.28. The molecule has 6 rings (SSSR count). The van der Waals surface area contributed by atoms with Crippen molar-refractivity contribution in [3.63, 3.8) is 0 Å². The van der Waals surface area contributed by atoms with Crippen LogP contribution in [0, 0.1) is 23.2 Å². The van der Waals surface area contributed by atoms with Gasteiger partial charge in [-0.3, -0.25) is 4.79 Å². The molecule has 4 aliphatic carbocycles. The van der Waals surface area contributed by atoms with Crippen molar-refractivity contribution >= 4 is 28.6 Å². The van der Waals surface area contributed by atoms with Gasteiger partial charge < -0.3 is 4.57 Å². The molecule has 1 aromatic carbocycles. The van der Waals surface area contributed by atoms with E-state index < -0.39 is 0 Å². The maximum absolute atomic E-state index is 13.2. The van der Waals surface area contributed by atoms with Gasteiger partial charge in [0.25, 0.3) is 0 Å². The Kier molecular flexibility index (Phi) is 3.74. The molecule has 4 heteroatoms. The Morgan fingerprint density at radius 2 is 1.80 bits per heavy atom. The fraction of sp³-hybridized carbons (Fsp3) is 0.619. The lowest BCUT2D eigenvalue weighted by molar-refractivity contribution is -0.141. The highest BCUT2D eigenvalue weighted by molar-refractivity contribution is 7.99. The number of hydrogen-bond acceptors (Lipinski definition) is 3. The number of carbonyl (C=O) groups excluding carboxylic acids is 1. The number of aryl methyl sites for hydroxylation is 1. The molecule has 0 radical (unpaired) electrons. The third-order valence-electron chi connectivity index (χ3n) is 6.90. The number of nitrogens with zero attached hydrogens (tertiary/aromatic N) is 2. The highest BCUT2D eigenvalue weighted by Gasteiger charge is 2.54.